The molecule has 2 rings (SSSR count). The summed E-state index contributed by atoms with van der Waals surface area (Å²) in [5.74, 6) is 0. The molecule has 0 aliphatic carbocycles. The number of urea groups is 1. The molecule has 0 aromatic carbocycles. The van der Waals surface area contributed by atoms with Crippen LogP contribution < -0.4 is 5.32 Å². The van der Waals surface area contributed by atoms with E-state index in [2.05, 4.69) is 12.2 Å². The molecule has 1 unspecified atom stereocenters. The monoisotopic (exact) mass is 211 g/mol. The number of piperidine rings is 1. The maximum atomic E-state index is 12.2. The SMILES string of the molecule is CC1CNCCN1C(=O)N1CCCCC1. The predicted octanol–water partition coefficient (Wildman–Crippen LogP) is 0.886. The summed E-state index contributed by atoms with van der Waals surface area (Å²) in [4.78, 5) is 16.2. The molecular weight excluding hydrogens is 190 g/mol. The first-order valence-corrected chi connectivity index (χ1v) is 6.05. The van der Waals surface area contributed by atoms with Crippen molar-refractivity contribution in [3.05, 3.63) is 0 Å². The quantitative estimate of drug-likeness (QED) is 0.646. The van der Waals surface area contributed by atoms with Gasteiger partial charge in [-0.1, -0.05) is 0 Å². The largest absolute Gasteiger partial charge is 0.325 e. The van der Waals surface area contributed by atoms with Crippen LogP contribution in [0.2, 0.25) is 0 Å². The van der Waals surface area contributed by atoms with Gasteiger partial charge in [0.05, 0.1) is 0 Å². The van der Waals surface area contributed by atoms with Crippen LogP contribution in [0.3, 0.4) is 0 Å². The van der Waals surface area contributed by atoms with Gasteiger partial charge < -0.3 is 15.1 Å². The van der Waals surface area contributed by atoms with Crippen LogP contribution in [-0.2, 0) is 0 Å². The Bertz CT molecular complexity index is 226. The molecule has 1 N–H and O–H groups in total. The molecule has 0 radical (unpaired) electrons. The molecule has 4 nitrogen and oxygen atoms in total. The zero-order valence-electron chi connectivity index (χ0n) is 9.54. The van der Waals surface area contributed by atoms with E-state index in [1.807, 2.05) is 9.80 Å². The lowest BCUT2D eigenvalue weighted by Gasteiger charge is -2.39. The van der Waals surface area contributed by atoms with E-state index in [0.717, 1.165) is 32.7 Å². The molecule has 2 fully saturated rings. The van der Waals surface area contributed by atoms with Gasteiger partial charge in [0.25, 0.3) is 0 Å². The zero-order valence-corrected chi connectivity index (χ0v) is 9.54. The van der Waals surface area contributed by atoms with Gasteiger partial charge in [0, 0.05) is 38.8 Å². The van der Waals surface area contributed by atoms with Crippen LogP contribution >= 0.6 is 0 Å². The van der Waals surface area contributed by atoms with E-state index in [1.165, 1.54) is 19.3 Å². The second-order valence-electron chi connectivity index (χ2n) is 4.58. The van der Waals surface area contributed by atoms with E-state index >= 15 is 0 Å². The maximum absolute atomic E-state index is 12.2. The predicted molar refractivity (Wildman–Crippen MR) is 59.9 cm³/mol. The summed E-state index contributed by atoms with van der Waals surface area (Å²) in [5.41, 5.74) is 0. The van der Waals surface area contributed by atoms with Gasteiger partial charge >= 0.3 is 6.03 Å². The molecular formula is C11H21N3O. The third-order valence-electron chi connectivity index (χ3n) is 3.37. The number of amides is 2. The van der Waals surface area contributed by atoms with Crippen LogP contribution in [0.25, 0.3) is 0 Å². The Balaban J connectivity index is 1.92. The van der Waals surface area contributed by atoms with E-state index in [-0.39, 0.29) is 6.03 Å². The first kappa shape index (κ1) is 10.7. The lowest BCUT2D eigenvalue weighted by molar-refractivity contribution is 0.118. The summed E-state index contributed by atoms with van der Waals surface area (Å²) < 4.78 is 0. The molecule has 2 aliphatic rings. The fourth-order valence-electron chi connectivity index (χ4n) is 2.39. The minimum absolute atomic E-state index is 0.253. The van der Waals surface area contributed by atoms with E-state index in [9.17, 15) is 4.79 Å². The summed E-state index contributed by atoms with van der Waals surface area (Å²) in [6.07, 6.45) is 3.62. The Hall–Kier alpha value is -0.770. The fourth-order valence-corrected chi connectivity index (χ4v) is 2.39. The van der Waals surface area contributed by atoms with E-state index in [1.54, 1.807) is 0 Å². The summed E-state index contributed by atoms with van der Waals surface area (Å²) in [6.45, 7) is 6.75. The first-order valence-electron chi connectivity index (χ1n) is 6.05. The van der Waals surface area contributed by atoms with Gasteiger partial charge in [0.1, 0.15) is 0 Å². The van der Waals surface area contributed by atoms with Crippen molar-refractivity contribution < 1.29 is 4.79 Å². The van der Waals surface area contributed by atoms with Crippen LogP contribution in [0.15, 0.2) is 0 Å². The number of nitrogens with one attached hydrogen (secondary N) is 1. The second-order valence-corrected chi connectivity index (χ2v) is 4.58. The van der Waals surface area contributed by atoms with Crippen LogP contribution in [0.5, 0.6) is 0 Å². The molecule has 86 valence electrons. The molecule has 2 heterocycles. The van der Waals surface area contributed by atoms with E-state index in [0.29, 0.717) is 6.04 Å². The van der Waals surface area contributed by atoms with E-state index < -0.39 is 0 Å². The number of piperazine rings is 1. The fraction of sp³-hybridized carbons (Fsp3) is 0.909. The van der Waals surface area contributed by atoms with E-state index in [4.69, 9.17) is 0 Å². The maximum Gasteiger partial charge on any atom is 0.320 e. The molecule has 0 spiro atoms. The molecule has 15 heavy (non-hydrogen) atoms. The van der Waals surface area contributed by atoms with Gasteiger partial charge in [-0.25, -0.2) is 4.79 Å². The third kappa shape index (κ3) is 2.43. The van der Waals surface area contributed by atoms with Crippen molar-refractivity contribution in [1.82, 2.24) is 15.1 Å². The van der Waals surface area contributed by atoms with Crippen molar-refractivity contribution in [1.29, 1.82) is 0 Å². The molecule has 0 saturated carbocycles. The Kier molecular flexibility index (Phi) is 3.46. The first-order chi connectivity index (χ1) is 7.29. The molecule has 0 aromatic heterocycles. The van der Waals surface area contributed by atoms with Crippen LogP contribution in [0.1, 0.15) is 26.2 Å². The van der Waals surface area contributed by atoms with Gasteiger partial charge in [0.2, 0.25) is 0 Å². The molecule has 1 atom stereocenters. The van der Waals surface area contributed by atoms with Gasteiger partial charge in [-0.05, 0) is 26.2 Å². The highest BCUT2D eigenvalue weighted by atomic mass is 16.2. The summed E-state index contributed by atoms with van der Waals surface area (Å²) in [5, 5.41) is 3.31. The highest BCUT2D eigenvalue weighted by Gasteiger charge is 2.27. The summed E-state index contributed by atoms with van der Waals surface area (Å²) in [6, 6.07) is 0.594. The second kappa shape index (κ2) is 4.84. The molecule has 2 saturated heterocycles. The molecule has 4 heteroatoms. The van der Waals surface area contributed by atoms with Crippen molar-refractivity contribution in [3.63, 3.8) is 0 Å². The van der Waals surface area contributed by atoms with Crippen molar-refractivity contribution >= 4 is 6.03 Å². The lowest BCUT2D eigenvalue weighted by atomic mass is 10.1. The number of rotatable bonds is 0. The number of hydrogen-bond donors (Lipinski definition) is 1. The Morgan fingerprint density at radius 2 is 1.93 bits per heavy atom. The number of likely N-dealkylation sites (tertiary alicyclic amines) is 1. The van der Waals surface area contributed by atoms with Crippen molar-refractivity contribution in [2.45, 2.75) is 32.2 Å². The van der Waals surface area contributed by atoms with Crippen LogP contribution in [0.4, 0.5) is 4.79 Å². The third-order valence-corrected chi connectivity index (χ3v) is 3.37. The van der Waals surface area contributed by atoms with Gasteiger partial charge in [0.15, 0.2) is 0 Å². The lowest BCUT2D eigenvalue weighted by Crippen LogP contribution is -2.56. The van der Waals surface area contributed by atoms with Crippen molar-refractivity contribution in [3.8, 4) is 0 Å². The molecule has 2 aliphatic heterocycles. The minimum atomic E-state index is 0.253. The number of hydrogen-bond acceptors (Lipinski definition) is 2. The topological polar surface area (TPSA) is 35.6 Å². The average Bonchev–Trinajstić information content (AvgIpc) is 2.30. The summed E-state index contributed by atoms with van der Waals surface area (Å²) >= 11 is 0. The van der Waals surface area contributed by atoms with Gasteiger partial charge in [-0.2, -0.15) is 0 Å². The smallest absolute Gasteiger partial charge is 0.320 e. The number of carbonyl (C=O) groups is 1. The van der Waals surface area contributed by atoms with Crippen LogP contribution in [-0.4, -0.2) is 54.6 Å². The van der Waals surface area contributed by atoms with Crippen molar-refractivity contribution in [2.24, 2.45) is 0 Å². The molecule has 0 aromatic rings. The highest BCUT2D eigenvalue weighted by Crippen LogP contribution is 2.13. The minimum Gasteiger partial charge on any atom is -0.325 e. The standard InChI is InChI=1S/C11H21N3O/c1-10-9-12-5-8-14(10)11(15)13-6-3-2-4-7-13/h10,12H,2-9H2,1H3. The van der Waals surface area contributed by atoms with Crippen molar-refractivity contribution in [2.75, 3.05) is 32.7 Å². The average molecular weight is 211 g/mol. The summed E-state index contributed by atoms with van der Waals surface area (Å²) in [7, 11) is 0. The van der Waals surface area contributed by atoms with Gasteiger partial charge in [-0.15, -0.1) is 0 Å². The van der Waals surface area contributed by atoms with Gasteiger partial charge in [-0.3, -0.25) is 0 Å². The Morgan fingerprint density at radius 3 is 2.60 bits per heavy atom. The molecule has 2 amide bonds. The normalized spacial score (nSPS) is 27.9. The number of nitrogens with zero attached hydrogens (tertiary/aromatic N) is 2. The Morgan fingerprint density at radius 1 is 1.20 bits per heavy atom. The Labute approximate surface area is 91.6 Å². The zero-order chi connectivity index (χ0) is 10.7. The molecule has 0 bridgehead atoms. The number of carbonyl (C=O) groups excluding carboxylic acids is 1. The van der Waals surface area contributed by atoms with Crippen LogP contribution in [0, 0.1) is 0 Å². The highest BCUT2D eigenvalue weighted by molar-refractivity contribution is 5.75.